The van der Waals surface area contributed by atoms with E-state index in [1.807, 2.05) is 87.0 Å². The molecule has 7 aliphatic heterocycles. The van der Waals surface area contributed by atoms with Gasteiger partial charge >= 0.3 is 12.1 Å². The van der Waals surface area contributed by atoms with Crippen LogP contribution >= 0.6 is 0 Å². The Morgan fingerprint density at radius 3 is 2.33 bits per heavy atom. The first-order chi connectivity index (χ1) is 41.5. The van der Waals surface area contributed by atoms with Crippen LogP contribution in [0.2, 0.25) is 0 Å². The Labute approximate surface area is 508 Å². The topological polar surface area (TPSA) is 177 Å². The zero-order valence-electron chi connectivity index (χ0n) is 51.9. The molecule has 4 amide bonds. The van der Waals surface area contributed by atoms with Gasteiger partial charge in [0.25, 0.3) is 5.91 Å². The number of likely N-dealkylation sites (N-methyl/N-ethyl adjacent to an activating group) is 1. The second-order valence-corrected chi connectivity index (χ2v) is 27.7. The average molecular weight is 1210 g/mol. The minimum absolute atomic E-state index is 0.0118. The van der Waals surface area contributed by atoms with E-state index in [9.17, 15) is 14.4 Å². The predicted octanol–water partition coefficient (Wildman–Crippen LogP) is 5.38. The normalized spacial score (nSPS) is 28.1. The molecule has 87 heavy (non-hydrogen) atoms. The minimum Gasteiger partial charge on any atom is -0.464 e. The van der Waals surface area contributed by atoms with Crippen LogP contribution in [0.4, 0.5) is 13.2 Å². The summed E-state index contributed by atoms with van der Waals surface area (Å²) >= 11 is 0. The van der Waals surface area contributed by atoms with Crippen molar-refractivity contribution in [2.45, 2.75) is 159 Å². The smallest absolute Gasteiger partial charge is 0.406 e. The van der Waals surface area contributed by atoms with E-state index in [1.54, 1.807) is 32.2 Å². The van der Waals surface area contributed by atoms with Crippen molar-refractivity contribution in [2.75, 3.05) is 99.9 Å². The number of carbonyl (C=O) groups excluding carboxylic acids is 5. The van der Waals surface area contributed by atoms with Gasteiger partial charge in [-0.15, -0.1) is 0 Å². The van der Waals surface area contributed by atoms with Gasteiger partial charge in [-0.2, -0.15) is 13.2 Å². The number of rotatable bonds is 14. The Bertz CT molecular complexity index is 3190. The second kappa shape index (κ2) is 24.2. The lowest BCUT2D eigenvalue weighted by atomic mass is 9.83. The van der Waals surface area contributed by atoms with Gasteiger partial charge in [0, 0.05) is 120 Å². The number of esters is 1. The standard InChI is InChI=1S/C65H88F3N11O8/c1-39(2)55(75-25-26-87-64(34-75)35-76(36-64)61(83)58-56(42-14-15-42)77(58)33-53(80)72(6)7)59(81)70-51-28-41-11-9-12-43(27-41)44-16-19-52-47(29-44)49(31-63(4,5)38-86-62(84)50-13-10-20-79(71-50)60(51)82)57(78(52)37-65(66,67)68)48-30-46(32-69-54(48)40(3)85-8)74-23-21-73(22-24-74)45-17-18-45/h9,11-12,16,19,27,29,32,39-40,42,45-46,50-51,55-56,58,71H,10,13-15,17-18,20-26,28,30-31,33-38H2,1-8H3,(H,70,81)/t40-,46+,50-,51-,55-,56+,58+,77?/m0/s1. The maximum absolute atomic E-state index is 15.3. The molecule has 2 N–H and O–H groups in total. The van der Waals surface area contributed by atoms with Gasteiger partial charge in [0.15, 0.2) is 0 Å². The molecule has 2 aromatic carbocycles. The van der Waals surface area contributed by atoms with Crippen molar-refractivity contribution in [2.24, 2.45) is 22.2 Å². The quantitative estimate of drug-likeness (QED) is 0.156. The monoisotopic (exact) mass is 1210 g/mol. The highest BCUT2D eigenvalue weighted by Gasteiger charge is 2.63. The van der Waals surface area contributed by atoms with Gasteiger partial charge < -0.3 is 33.9 Å². The van der Waals surface area contributed by atoms with E-state index in [0.717, 1.165) is 55.7 Å². The lowest BCUT2D eigenvalue weighted by molar-refractivity contribution is -0.197. The van der Waals surface area contributed by atoms with Gasteiger partial charge in [-0.3, -0.25) is 53.6 Å². The third-order valence-corrected chi connectivity index (χ3v) is 19.8. The van der Waals surface area contributed by atoms with Gasteiger partial charge in [-0.1, -0.05) is 58.0 Å². The van der Waals surface area contributed by atoms with Gasteiger partial charge in [0.2, 0.25) is 17.7 Å². The van der Waals surface area contributed by atoms with Crippen molar-refractivity contribution in [3.05, 3.63) is 65.0 Å². The van der Waals surface area contributed by atoms with Crippen molar-refractivity contribution in [3.63, 3.8) is 0 Å². The molecule has 8 heterocycles. The SMILES string of the molecule is CO[C@@H](C)C1=C(c2c3c4cc(ccc4n2CC(F)(F)F)-c2cccc(c2)C[C@H](NC(=O)[C@H](C(C)C)N2CCOC4(CN(C(=O)[C@H]5[C@@H](C6CC6)N5CC(=O)N(C)C)C4)C2)C(=O)N2CCC[C@H](N2)C(=O)OCC(C)(C)C3)C[C@@H](N2CCN(C3CC3)CC2)C=N1. The first kappa shape index (κ1) is 61.5. The molecular weight excluding hydrogens is 1120 g/mol. The Kier molecular flexibility index (Phi) is 17.1. The number of methoxy groups -OCH3 is 1. The van der Waals surface area contributed by atoms with Crippen LogP contribution in [0.3, 0.4) is 0 Å². The number of morpholine rings is 1. The van der Waals surface area contributed by atoms with E-state index in [4.69, 9.17) is 19.2 Å². The lowest BCUT2D eigenvalue weighted by Crippen LogP contribution is -2.73. The molecule has 1 spiro atoms. The number of aliphatic imine (C=N–C) groups is 1. The summed E-state index contributed by atoms with van der Waals surface area (Å²) in [7, 11) is 5.04. The fraction of sp³-hybridized carbons (Fsp3) is 0.662. The fourth-order valence-corrected chi connectivity index (χ4v) is 14.9. The number of carbonyl (C=O) groups is 5. The molecule has 8 atom stereocenters. The van der Waals surface area contributed by atoms with Crippen LogP contribution in [-0.2, 0) is 57.6 Å². The molecule has 1 unspecified atom stereocenters. The number of benzene rings is 2. The number of halogens is 3. The van der Waals surface area contributed by atoms with Gasteiger partial charge in [0.1, 0.15) is 30.3 Å². The number of ether oxygens (including phenoxy) is 3. The first-order valence-corrected chi connectivity index (χ1v) is 31.7. The third-order valence-electron chi connectivity index (χ3n) is 19.8. The van der Waals surface area contributed by atoms with Crippen LogP contribution in [0.5, 0.6) is 0 Å². The molecule has 6 bridgehead atoms. The number of nitrogens with zero attached hydrogens (tertiary/aromatic N) is 9. The summed E-state index contributed by atoms with van der Waals surface area (Å²) in [6, 6.07) is 10.9. The molecule has 19 nitrogen and oxygen atoms in total. The van der Waals surface area contributed by atoms with E-state index < -0.39 is 59.8 Å². The van der Waals surface area contributed by atoms with E-state index in [1.165, 1.54) is 22.4 Å². The van der Waals surface area contributed by atoms with Crippen molar-refractivity contribution < 1.29 is 51.4 Å². The summed E-state index contributed by atoms with van der Waals surface area (Å²) in [5, 5.41) is 5.27. The fourth-order valence-electron chi connectivity index (χ4n) is 14.9. The Morgan fingerprint density at radius 2 is 1.64 bits per heavy atom. The average Bonchev–Trinajstić information content (AvgIpc) is 1.66. The number of nitrogens with one attached hydrogen (secondary N) is 2. The molecule has 472 valence electrons. The van der Waals surface area contributed by atoms with Gasteiger partial charge in [0.05, 0.1) is 56.4 Å². The first-order valence-electron chi connectivity index (χ1n) is 31.7. The molecule has 5 saturated heterocycles. The highest BCUT2D eigenvalue weighted by molar-refractivity contribution is 5.96. The van der Waals surface area contributed by atoms with E-state index >= 15 is 22.8 Å². The van der Waals surface area contributed by atoms with Crippen LogP contribution in [0.1, 0.15) is 96.4 Å². The molecule has 2 saturated carbocycles. The second-order valence-electron chi connectivity index (χ2n) is 27.7. The Morgan fingerprint density at radius 1 is 0.908 bits per heavy atom. The van der Waals surface area contributed by atoms with Gasteiger partial charge in [-0.25, -0.2) is 5.43 Å². The summed E-state index contributed by atoms with van der Waals surface area (Å²) in [6.45, 7) is 14.4. The molecule has 9 aliphatic rings. The lowest BCUT2D eigenvalue weighted by Gasteiger charge is -2.55. The van der Waals surface area contributed by atoms with Crippen LogP contribution in [-0.4, -0.2) is 235 Å². The highest BCUT2D eigenvalue weighted by atomic mass is 19.4. The number of hydrazine groups is 1. The summed E-state index contributed by atoms with van der Waals surface area (Å²) in [4.78, 5) is 88.8. The number of hydrogen-bond donors (Lipinski definition) is 2. The number of alkyl halides is 3. The van der Waals surface area contributed by atoms with Crippen molar-refractivity contribution in [1.29, 1.82) is 0 Å². The number of cyclic esters (lactones) is 1. The summed E-state index contributed by atoms with van der Waals surface area (Å²) in [5.74, 6) is -1.10. The molecule has 2 aliphatic carbocycles. The number of amides is 4. The number of aromatic nitrogens is 1. The van der Waals surface area contributed by atoms with Crippen LogP contribution < -0.4 is 10.7 Å². The number of fused-ring (bicyclic) bond motifs is 6. The molecule has 3 aromatic rings. The van der Waals surface area contributed by atoms with Crippen molar-refractivity contribution in [3.8, 4) is 11.1 Å². The van der Waals surface area contributed by atoms with Crippen LogP contribution in [0, 0.1) is 17.3 Å². The number of piperazine rings is 1. The summed E-state index contributed by atoms with van der Waals surface area (Å²) in [6.07, 6.45) is 3.01. The van der Waals surface area contributed by atoms with Crippen LogP contribution in [0.25, 0.3) is 27.6 Å². The molecule has 0 radical (unpaired) electrons. The number of hydrogen-bond acceptors (Lipinski definition) is 14. The predicted molar refractivity (Wildman–Crippen MR) is 323 cm³/mol. The Balaban J connectivity index is 0.852. The van der Waals surface area contributed by atoms with E-state index in [0.29, 0.717) is 97.4 Å². The molecule has 7 fully saturated rings. The molecule has 12 rings (SSSR count). The van der Waals surface area contributed by atoms with Gasteiger partial charge in [-0.05, 0) is 105 Å². The summed E-state index contributed by atoms with van der Waals surface area (Å²) < 4.78 is 65.8. The van der Waals surface area contributed by atoms with Crippen LogP contribution in [0.15, 0.2) is 53.2 Å². The van der Waals surface area contributed by atoms with E-state index in [-0.39, 0.29) is 74.3 Å². The van der Waals surface area contributed by atoms with Crippen molar-refractivity contribution >= 4 is 52.3 Å². The zero-order chi connectivity index (χ0) is 61.4. The van der Waals surface area contributed by atoms with Crippen molar-refractivity contribution in [1.82, 2.24) is 49.7 Å². The Hall–Kier alpha value is -5.75. The zero-order valence-corrected chi connectivity index (χ0v) is 51.9. The molecular formula is C65H88F3N11O8. The number of likely N-dealkylation sites (tertiary alicyclic amines) is 1. The van der Waals surface area contributed by atoms with E-state index in [2.05, 4.69) is 25.4 Å². The third kappa shape index (κ3) is 13.0. The molecule has 1 aromatic heterocycles. The summed E-state index contributed by atoms with van der Waals surface area (Å²) in [5.41, 5.74) is 6.81. The maximum Gasteiger partial charge on any atom is 0.406 e. The molecule has 22 heteroatoms. The largest absolute Gasteiger partial charge is 0.464 e. The maximum atomic E-state index is 15.3. The highest BCUT2D eigenvalue weighted by Crippen LogP contribution is 2.49. The minimum atomic E-state index is -4.59.